The molecule has 3 aromatic rings. The first kappa shape index (κ1) is 10.8. The lowest BCUT2D eigenvalue weighted by Gasteiger charge is -2.07. The molecule has 0 saturated carbocycles. The Morgan fingerprint density at radius 2 is 1.72 bits per heavy atom. The third-order valence-corrected chi connectivity index (χ3v) is 3.25. The lowest BCUT2D eigenvalue weighted by Crippen LogP contribution is -1.98. The summed E-state index contributed by atoms with van der Waals surface area (Å²) >= 11 is 0. The molecule has 0 bridgehead atoms. The molecule has 90 valence electrons. The van der Waals surface area contributed by atoms with Crippen LogP contribution in [0.3, 0.4) is 0 Å². The van der Waals surface area contributed by atoms with Gasteiger partial charge in [-0.3, -0.25) is 0 Å². The van der Waals surface area contributed by atoms with Crippen molar-refractivity contribution in [2.24, 2.45) is 7.05 Å². The minimum atomic E-state index is 0.726. The van der Waals surface area contributed by atoms with Gasteiger partial charge in [-0.15, -0.1) is 10.2 Å². The maximum atomic E-state index is 6.12. The van der Waals surface area contributed by atoms with E-state index in [1.807, 2.05) is 36.7 Å². The molecule has 0 aliphatic heterocycles. The first-order chi connectivity index (χ1) is 8.66. The number of nitrogen functional groups attached to an aromatic ring is 1. The Balaban J connectivity index is 2.29. The zero-order valence-electron chi connectivity index (χ0n) is 10.4. The molecule has 0 fully saturated rings. The lowest BCUT2D eigenvalue weighted by molar-refractivity contribution is 0.865. The standard InChI is InChI=1S/C14H14N4/c1-9-16-17-14(18(9)2)12-7-10-5-3-4-6-11(10)8-13(12)15/h3-8H,15H2,1-2H3. The molecule has 0 aliphatic rings. The van der Waals surface area contributed by atoms with E-state index in [9.17, 15) is 0 Å². The van der Waals surface area contributed by atoms with Crippen LogP contribution >= 0.6 is 0 Å². The molecule has 0 radical (unpaired) electrons. The van der Waals surface area contributed by atoms with Crippen molar-refractivity contribution in [1.29, 1.82) is 0 Å². The highest BCUT2D eigenvalue weighted by Crippen LogP contribution is 2.29. The smallest absolute Gasteiger partial charge is 0.165 e. The van der Waals surface area contributed by atoms with E-state index in [-0.39, 0.29) is 0 Å². The fourth-order valence-electron chi connectivity index (χ4n) is 2.09. The molecule has 1 aromatic heterocycles. The highest BCUT2D eigenvalue weighted by Gasteiger charge is 2.11. The number of anilines is 1. The van der Waals surface area contributed by atoms with E-state index < -0.39 is 0 Å². The number of benzene rings is 2. The summed E-state index contributed by atoms with van der Waals surface area (Å²) < 4.78 is 1.94. The molecule has 4 heteroatoms. The Hall–Kier alpha value is -2.36. The van der Waals surface area contributed by atoms with Gasteiger partial charge in [-0.1, -0.05) is 24.3 Å². The van der Waals surface area contributed by atoms with Crippen molar-refractivity contribution in [3.05, 3.63) is 42.2 Å². The summed E-state index contributed by atoms with van der Waals surface area (Å²) in [4.78, 5) is 0. The van der Waals surface area contributed by atoms with Crippen LogP contribution < -0.4 is 5.73 Å². The van der Waals surface area contributed by atoms with Crippen molar-refractivity contribution in [2.45, 2.75) is 6.92 Å². The van der Waals surface area contributed by atoms with Crippen LogP contribution in [-0.2, 0) is 7.05 Å². The van der Waals surface area contributed by atoms with Crippen molar-refractivity contribution in [2.75, 3.05) is 5.73 Å². The van der Waals surface area contributed by atoms with Crippen LogP contribution in [0, 0.1) is 6.92 Å². The summed E-state index contributed by atoms with van der Waals surface area (Å²) in [6.07, 6.45) is 0. The van der Waals surface area contributed by atoms with Gasteiger partial charge in [0.2, 0.25) is 0 Å². The number of aryl methyl sites for hydroxylation is 1. The topological polar surface area (TPSA) is 56.7 Å². The van der Waals surface area contributed by atoms with Crippen molar-refractivity contribution in [1.82, 2.24) is 14.8 Å². The minimum absolute atomic E-state index is 0.726. The summed E-state index contributed by atoms with van der Waals surface area (Å²) in [5.41, 5.74) is 7.77. The molecule has 18 heavy (non-hydrogen) atoms. The van der Waals surface area contributed by atoms with Gasteiger partial charge in [-0.2, -0.15) is 0 Å². The number of rotatable bonds is 1. The minimum Gasteiger partial charge on any atom is -0.398 e. The first-order valence-electron chi connectivity index (χ1n) is 5.81. The van der Waals surface area contributed by atoms with E-state index >= 15 is 0 Å². The molecule has 0 aliphatic carbocycles. The Morgan fingerprint density at radius 3 is 2.33 bits per heavy atom. The summed E-state index contributed by atoms with van der Waals surface area (Å²) in [7, 11) is 1.94. The molecule has 4 nitrogen and oxygen atoms in total. The molecule has 0 unspecified atom stereocenters. The van der Waals surface area contributed by atoms with Gasteiger partial charge in [-0.25, -0.2) is 0 Å². The third-order valence-electron chi connectivity index (χ3n) is 3.25. The van der Waals surface area contributed by atoms with E-state index in [2.05, 4.69) is 28.4 Å². The van der Waals surface area contributed by atoms with E-state index in [1.54, 1.807) is 0 Å². The average Bonchev–Trinajstić information content (AvgIpc) is 2.69. The van der Waals surface area contributed by atoms with Gasteiger partial charge in [0.15, 0.2) is 5.82 Å². The van der Waals surface area contributed by atoms with Gasteiger partial charge in [0.1, 0.15) is 5.82 Å². The first-order valence-corrected chi connectivity index (χ1v) is 5.81. The zero-order valence-corrected chi connectivity index (χ0v) is 10.4. The van der Waals surface area contributed by atoms with E-state index in [0.717, 1.165) is 33.7 Å². The highest BCUT2D eigenvalue weighted by molar-refractivity contribution is 5.92. The van der Waals surface area contributed by atoms with Gasteiger partial charge in [0, 0.05) is 18.3 Å². The number of hydrogen-bond acceptors (Lipinski definition) is 3. The fraction of sp³-hybridized carbons (Fsp3) is 0.143. The van der Waals surface area contributed by atoms with Crippen LogP contribution in [0.2, 0.25) is 0 Å². The SMILES string of the molecule is Cc1nnc(-c2cc3ccccc3cc2N)n1C. The second-order valence-electron chi connectivity index (χ2n) is 4.42. The Bertz CT molecular complexity index is 728. The van der Waals surface area contributed by atoms with Crippen LogP contribution in [0.4, 0.5) is 5.69 Å². The van der Waals surface area contributed by atoms with Crippen molar-refractivity contribution in [3.63, 3.8) is 0 Å². The van der Waals surface area contributed by atoms with Crippen LogP contribution in [0.25, 0.3) is 22.2 Å². The van der Waals surface area contributed by atoms with Gasteiger partial charge >= 0.3 is 0 Å². The fourth-order valence-corrected chi connectivity index (χ4v) is 2.09. The maximum Gasteiger partial charge on any atom is 0.165 e. The number of nitrogens with zero attached hydrogens (tertiary/aromatic N) is 3. The molecule has 0 spiro atoms. The van der Waals surface area contributed by atoms with Crippen molar-refractivity contribution in [3.8, 4) is 11.4 Å². The molecule has 1 heterocycles. The third kappa shape index (κ3) is 1.54. The van der Waals surface area contributed by atoms with Gasteiger partial charge in [0.25, 0.3) is 0 Å². The van der Waals surface area contributed by atoms with Gasteiger partial charge < -0.3 is 10.3 Å². The quantitative estimate of drug-likeness (QED) is 0.663. The molecule has 0 saturated heterocycles. The van der Waals surface area contributed by atoms with Crippen molar-refractivity contribution >= 4 is 16.5 Å². The Labute approximate surface area is 105 Å². The van der Waals surface area contributed by atoms with Crippen LogP contribution in [0.15, 0.2) is 36.4 Å². The van der Waals surface area contributed by atoms with E-state index in [4.69, 9.17) is 5.73 Å². The normalized spacial score (nSPS) is 11.0. The second-order valence-corrected chi connectivity index (χ2v) is 4.42. The monoisotopic (exact) mass is 238 g/mol. The number of hydrogen-bond donors (Lipinski definition) is 1. The van der Waals surface area contributed by atoms with Gasteiger partial charge in [-0.05, 0) is 29.8 Å². The lowest BCUT2D eigenvalue weighted by atomic mass is 10.0. The molecule has 3 rings (SSSR count). The Kier molecular flexibility index (Phi) is 2.30. The average molecular weight is 238 g/mol. The van der Waals surface area contributed by atoms with Gasteiger partial charge in [0.05, 0.1) is 0 Å². The van der Waals surface area contributed by atoms with Crippen LogP contribution in [0.1, 0.15) is 5.82 Å². The Morgan fingerprint density at radius 1 is 1.06 bits per heavy atom. The maximum absolute atomic E-state index is 6.12. The highest BCUT2D eigenvalue weighted by atomic mass is 15.3. The summed E-state index contributed by atoms with van der Waals surface area (Å²) in [6.45, 7) is 1.92. The van der Waals surface area contributed by atoms with Crippen LogP contribution in [0.5, 0.6) is 0 Å². The molecular weight excluding hydrogens is 224 g/mol. The van der Waals surface area contributed by atoms with Crippen LogP contribution in [-0.4, -0.2) is 14.8 Å². The zero-order chi connectivity index (χ0) is 12.7. The number of nitrogens with two attached hydrogens (primary N) is 1. The molecular formula is C14H14N4. The predicted octanol–water partition coefficient (Wildman–Crippen LogP) is 2.53. The summed E-state index contributed by atoms with van der Waals surface area (Å²) in [5, 5.41) is 10.5. The van der Waals surface area contributed by atoms with Crippen molar-refractivity contribution < 1.29 is 0 Å². The number of aromatic nitrogens is 3. The molecule has 2 N–H and O–H groups in total. The summed E-state index contributed by atoms with van der Waals surface area (Å²) in [5.74, 6) is 1.67. The second kappa shape index (κ2) is 3.84. The van der Waals surface area contributed by atoms with E-state index in [0.29, 0.717) is 0 Å². The molecule has 0 amide bonds. The predicted molar refractivity (Wildman–Crippen MR) is 73.1 cm³/mol. The van der Waals surface area contributed by atoms with E-state index in [1.165, 1.54) is 0 Å². The molecule has 0 atom stereocenters. The number of fused-ring (bicyclic) bond motifs is 1. The summed E-state index contributed by atoms with van der Waals surface area (Å²) in [6, 6.07) is 12.2. The largest absolute Gasteiger partial charge is 0.398 e. The molecule has 2 aromatic carbocycles.